The summed E-state index contributed by atoms with van der Waals surface area (Å²) in [6, 6.07) is 8.27. The van der Waals surface area contributed by atoms with Crippen molar-refractivity contribution in [2.75, 3.05) is 0 Å². The highest BCUT2D eigenvalue weighted by molar-refractivity contribution is 9.10. The van der Waals surface area contributed by atoms with Gasteiger partial charge in [-0.15, -0.1) is 0 Å². The highest BCUT2D eigenvalue weighted by atomic mass is 79.9. The molecule has 2 rings (SSSR count). The van der Waals surface area contributed by atoms with Gasteiger partial charge in [-0.05, 0) is 71.9 Å². The number of nitrogens with two attached hydrogens (primary N) is 1. The molecule has 0 amide bonds. The van der Waals surface area contributed by atoms with Crippen molar-refractivity contribution in [2.45, 2.75) is 39.7 Å². The van der Waals surface area contributed by atoms with Crippen LogP contribution in [0.5, 0.6) is 11.6 Å². The zero-order chi connectivity index (χ0) is 15.4. The molecule has 0 aliphatic heterocycles. The fraction of sp³-hybridized carbons (Fsp3) is 0.353. The fourth-order valence-electron chi connectivity index (χ4n) is 2.08. The van der Waals surface area contributed by atoms with E-state index >= 15 is 0 Å². The summed E-state index contributed by atoms with van der Waals surface area (Å²) in [5.41, 5.74) is 9.34. The molecule has 0 bridgehead atoms. The first kappa shape index (κ1) is 16.0. The second kappa shape index (κ2) is 7.05. The first-order chi connectivity index (χ1) is 9.99. The number of halogens is 1. The number of aromatic nitrogens is 1. The summed E-state index contributed by atoms with van der Waals surface area (Å²) in [5.74, 6) is 1.41. The number of aryl methyl sites for hydroxylation is 2. The Bertz CT molecular complexity index is 628. The summed E-state index contributed by atoms with van der Waals surface area (Å²) in [5, 5.41) is 0. The second-order valence-corrected chi connectivity index (χ2v) is 6.23. The topological polar surface area (TPSA) is 48.1 Å². The Morgan fingerprint density at radius 1 is 1.29 bits per heavy atom. The lowest BCUT2D eigenvalue weighted by molar-refractivity contribution is 0.455. The van der Waals surface area contributed by atoms with Crippen LogP contribution in [0.25, 0.3) is 0 Å². The monoisotopic (exact) mass is 348 g/mol. The van der Waals surface area contributed by atoms with Gasteiger partial charge in [-0.1, -0.05) is 13.0 Å². The van der Waals surface area contributed by atoms with Crippen LogP contribution in [0.4, 0.5) is 0 Å². The van der Waals surface area contributed by atoms with Crippen LogP contribution in [0.2, 0.25) is 0 Å². The molecule has 0 aliphatic rings. The molecule has 1 atom stereocenters. The molecule has 1 unspecified atom stereocenters. The van der Waals surface area contributed by atoms with E-state index in [2.05, 4.69) is 33.9 Å². The molecule has 1 heterocycles. The van der Waals surface area contributed by atoms with Gasteiger partial charge in [0.15, 0.2) is 0 Å². The van der Waals surface area contributed by atoms with E-state index in [1.165, 1.54) is 5.56 Å². The summed E-state index contributed by atoms with van der Waals surface area (Å²) < 4.78 is 6.82. The number of rotatable bonds is 5. The Morgan fingerprint density at radius 3 is 2.67 bits per heavy atom. The van der Waals surface area contributed by atoms with Crippen LogP contribution in [0.15, 0.2) is 34.9 Å². The van der Waals surface area contributed by atoms with E-state index in [1.807, 2.05) is 38.2 Å². The lowest BCUT2D eigenvalue weighted by Crippen LogP contribution is -2.21. The van der Waals surface area contributed by atoms with E-state index in [-0.39, 0.29) is 6.04 Å². The van der Waals surface area contributed by atoms with Crippen LogP contribution in [-0.4, -0.2) is 11.0 Å². The molecular weight excluding hydrogens is 328 g/mol. The van der Waals surface area contributed by atoms with Crippen LogP contribution in [-0.2, 0) is 6.42 Å². The van der Waals surface area contributed by atoms with Gasteiger partial charge >= 0.3 is 0 Å². The van der Waals surface area contributed by atoms with Gasteiger partial charge in [0.2, 0.25) is 5.88 Å². The number of benzene rings is 1. The smallest absolute Gasteiger partial charge is 0.222 e. The van der Waals surface area contributed by atoms with Crippen LogP contribution < -0.4 is 10.5 Å². The van der Waals surface area contributed by atoms with Crippen molar-refractivity contribution in [3.8, 4) is 11.6 Å². The van der Waals surface area contributed by atoms with Gasteiger partial charge in [-0.25, -0.2) is 4.98 Å². The molecular formula is C17H21BrN2O. The van der Waals surface area contributed by atoms with Crippen molar-refractivity contribution >= 4 is 15.9 Å². The number of ether oxygens (including phenoxy) is 1. The summed E-state index contributed by atoms with van der Waals surface area (Å²) in [6.45, 7) is 6.15. The quantitative estimate of drug-likeness (QED) is 0.863. The summed E-state index contributed by atoms with van der Waals surface area (Å²) in [7, 11) is 0. The Morgan fingerprint density at radius 2 is 2.05 bits per heavy atom. The van der Waals surface area contributed by atoms with Crippen molar-refractivity contribution in [2.24, 2.45) is 5.73 Å². The maximum absolute atomic E-state index is 5.99. The summed E-state index contributed by atoms with van der Waals surface area (Å²) >= 11 is 3.52. The Kier molecular flexibility index (Phi) is 5.37. The zero-order valence-corrected chi connectivity index (χ0v) is 14.3. The van der Waals surface area contributed by atoms with Gasteiger partial charge in [0.25, 0.3) is 0 Å². The van der Waals surface area contributed by atoms with Crippen molar-refractivity contribution in [1.29, 1.82) is 0 Å². The third-order valence-electron chi connectivity index (χ3n) is 3.40. The van der Waals surface area contributed by atoms with Gasteiger partial charge in [-0.2, -0.15) is 0 Å². The van der Waals surface area contributed by atoms with Crippen molar-refractivity contribution in [3.05, 3.63) is 51.6 Å². The molecule has 21 heavy (non-hydrogen) atoms. The molecule has 0 saturated heterocycles. The molecule has 0 saturated carbocycles. The fourth-order valence-corrected chi connectivity index (χ4v) is 2.65. The average molecular weight is 349 g/mol. The Hall–Kier alpha value is -1.39. The SMILES string of the molecule is CCC(N)Cc1cnc(Oc2ccc(C)cc2Br)c(C)c1. The third kappa shape index (κ3) is 4.29. The molecule has 112 valence electrons. The minimum Gasteiger partial charge on any atom is -0.438 e. The maximum Gasteiger partial charge on any atom is 0.222 e. The van der Waals surface area contributed by atoms with Crippen LogP contribution >= 0.6 is 15.9 Å². The zero-order valence-electron chi connectivity index (χ0n) is 12.7. The van der Waals surface area contributed by atoms with E-state index in [0.717, 1.165) is 34.2 Å². The molecule has 0 aliphatic carbocycles. The summed E-state index contributed by atoms with van der Waals surface area (Å²) in [4.78, 5) is 4.43. The predicted octanol–water partition coefficient (Wildman–Crippen LogP) is 4.53. The molecule has 0 fully saturated rings. The number of hydrogen-bond donors (Lipinski definition) is 1. The predicted molar refractivity (Wildman–Crippen MR) is 89.9 cm³/mol. The Labute approximate surface area is 134 Å². The van der Waals surface area contributed by atoms with Crippen molar-refractivity contribution < 1.29 is 4.74 Å². The summed E-state index contributed by atoms with van der Waals surface area (Å²) in [6.07, 6.45) is 3.66. The van der Waals surface area contributed by atoms with Crippen LogP contribution in [0.3, 0.4) is 0 Å². The van der Waals surface area contributed by atoms with E-state index in [4.69, 9.17) is 10.5 Å². The lowest BCUT2D eigenvalue weighted by atomic mass is 10.1. The van der Waals surface area contributed by atoms with Crippen LogP contribution in [0.1, 0.15) is 30.0 Å². The van der Waals surface area contributed by atoms with Crippen molar-refractivity contribution in [3.63, 3.8) is 0 Å². The van der Waals surface area contributed by atoms with E-state index < -0.39 is 0 Å². The molecule has 1 aromatic heterocycles. The molecule has 0 radical (unpaired) electrons. The van der Waals surface area contributed by atoms with Gasteiger partial charge in [-0.3, -0.25) is 0 Å². The molecule has 2 aromatic rings. The molecule has 0 spiro atoms. The molecule has 2 N–H and O–H groups in total. The number of pyridine rings is 1. The van der Waals surface area contributed by atoms with Crippen molar-refractivity contribution in [1.82, 2.24) is 4.98 Å². The van der Waals surface area contributed by atoms with Gasteiger partial charge in [0.1, 0.15) is 5.75 Å². The number of nitrogens with zero attached hydrogens (tertiary/aromatic N) is 1. The second-order valence-electron chi connectivity index (χ2n) is 5.37. The van der Waals surface area contributed by atoms with Gasteiger partial charge in [0.05, 0.1) is 4.47 Å². The molecule has 4 heteroatoms. The van der Waals surface area contributed by atoms with E-state index in [0.29, 0.717) is 5.88 Å². The molecule has 3 nitrogen and oxygen atoms in total. The first-order valence-corrected chi connectivity index (χ1v) is 7.94. The lowest BCUT2D eigenvalue weighted by Gasteiger charge is -2.12. The highest BCUT2D eigenvalue weighted by Crippen LogP contribution is 2.31. The third-order valence-corrected chi connectivity index (χ3v) is 4.02. The minimum absolute atomic E-state index is 0.184. The highest BCUT2D eigenvalue weighted by Gasteiger charge is 2.09. The normalized spacial score (nSPS) is 12.2. The van der Waals surface area contributed by atoms with Crippen LogP contribution in [0, 0.1) is 13.8 Å². The molecule has 1 aromatic carbocycles. The minimum atomic E-state index is 0.184. The standard InChI is InChI=1S/C17H21BrN2O/c1-4-14(19)9-13-8-12(3)17(20-10-13)21-16-6-5-11(2)7-15(16)18/h5-8,10,14H,4,9,19H2,1-3H3. The average Bonchev–Trinajstić information content (AvgIpc) is 2.44. The first-order valence-electron chi connectivity index (χ1n) is 7.14. The Balaban J connectivity index is 2.17. The van der Waals surface area contributed by atoms with Gasteiger partial charge < -0.3 is 10.5 Å². The maximum atomic E-state index is 5.99. The van der Waals surface area contributed by atoms with E-state index in [9.17, 15) is 0 Å². The number of hydrogen-bond acceptors (Lipinski definition) is 3. The largest absolute Gasteiger partial charge is 0.438 e. The van der Waals surface area contributed by atoms with Gasteiger partial charge in [0, 0.05) is 17.8 Å². The van der Waals surface area contributed by atoms with E-state index in [1.54, 1.807) is 0 Å².